The molecule has 1 rings (SSSR count). The molecule has 0 unspecified atom stereocenters. The quantitative estimate of drug-likeness (QED) is 0.472. The topological polar surface area (TPSA) is 75.4 Å². The third kappa shape index (κ3) is 1.84. The van der Waals surface area contributed by atoms with Crippen LogP contribution in [0.2, 0.25) is 0 Å². The Morgan fingerprint density at radius 2 is 2.50 bits per heavy atom. The molecule has 0 amide bonds. The van der Waals surface area contributed by atoms with Crippen LogP contribution in [0.3, 0.4) is 0 Å². The maximum atomic E-state index is 10.7. The normalized spacial score (nSPS) is 36.0. The van der Waals surface area contributed by atoms with Crippen molar-refractivity contribution in [1.29, 1.82) is 0 Å². The fraction of sp³-hybridized carbons (Fsp3) is 0.625. The van der Waals surface area contributed by atoms with Gasteiger partial charge in [-0.15, -0.1) is 0 Å². The van der Waals surface area contributed by atoms with Crippen molar-refractivity contribution in [3.8, 4) is 0 Å². The first-order valence-corrected chi connectivity index (χ1v) is 3.97. The zero-order chi connectivity index (χ0) is 9.19. The number of aliphatic carboxylic acids is 1. The third-order valence-corrected chi connectivity index (χ3v) is 2.07. The van der Waals surface area contributed by atoms with Crippen LogP contribution >= 0.6 is 0 Å². The average Bonchev–Trinajstić information content (AvgIpc) is 2.15. The lowest BCUT2D eigenvalue weighted by molar-refractivity contribution is -0.143. The van der Waals surface area contributed by atoms with E-state index in [0.29, 0.717) is 13.0 Å². The van der Waals surface area contributed by atoms with Crippen molar-refractivity contribution in [3.63, 3.8) is 0 Å². The van der Waals surface area contributed by atoms with Crippen molar-refractivity contribution < 1.29 is 9.90 Å². The number of hydrogen-bond donors (Lipinski definition) is 3. The zero-order valence-corrected chi connectivity index (χ0v) is 7.08. The smallest absolute Gasteiger partial charge is 0.325 e. The van der Waals surface area contributed by atoms with E-state index in [2.05, 4.69) is 5.32 Å². The monoisotopic (exact) mass is 170 g/mol. The van der Waals surface area contributed by atoms with Crippen LogP contribution in [0.5, 0.6) is 0 Å². The van der Waals surface area contributed by atoms with Crippen LogP contribution in [0.15, 0.2) is 12.2 Å². The molecular weight excluding hydrogens is 156 g/mol. The number of nitrogens with two attached hydrogens (primary N) is 1. The summed E-state index contributed by atoms with van der Waals surface area (Å²) in [7, 11) is 0. The highest BCUT2D eigenvalue weighted by atomic mass is 16.4. The summed E-state index contributed by atoms with van der Waals surface area (Å²) >= 11 is 0. The minimum Gasteiger partial charge on any atom is -0.480 e. The molecule has 4 nitrogen and oxygen atoms in total. The molecule has 1 aliphatic heterocycles. The number of nitrogens with one attached hydrogen (secondary N) is 1. The van der Waals surface area contributed by atoms with Crippen molar-refractivity contribution in [3.05, 3.63) is 12.2 Å². The lowest BCUT2D eigenvalue weighted by Crippen LogP contribution is -2.55. The molecule has 0 saturated heterocycles. The Balaban J connectivity index is 2.70. The van der Waals surface area contributed by atoms with Crippen LogP contribution in [-0.2, 0) is 4.79 Å². The fourth-order valence-corrected chi connectivity index (χ4v) is 1.13. The minimum absolute atomic E-state index is 0.203. The van der Waals surface area contributed by atoms with Gasteiger partial charge in [0.05, 0.1) is 0 Å². The largest absolute Gasteiger partial charge is 0.480 e. The molecule has 0 aromatic carbocycles. The lowest BCUT2D eigenvalue weighted by atomic mass is 9.97. The fourth-order valence-electron chi connectivity index (χ4n) is 1.13. The molecule has 4 N–H and O–H groups in total. The van der Waals surface area contributed by atoms with E-state index in [1.165, 1.54) is 0 Å². The lowest BCUT2D eigenvalue weighted by Gasteiger charge is -2.22. The molecule has 12 heavy (non-hydrogen) atoms. The Labute approximate surface area is 71.4 Å². The predicted molar refractivity (Wildman–Crippen MR) is 45.8 cm³/mol. The van der Waals surface area contributed by atoms with Crippen molar-refractivity contribution in [2.24, 2.45) is 5.73 Å². The molecule has 0 spiro atoms. The van der Waals surface area contributed by atoms with Crippen molar-refractivity contribution >= 4 is 5.97 Å². The van der Waals surface area contributed by atoms with E-state index in [-0.39, 0.29) is 6.04 Å². The van der Waals surface area contributed by atoms with Gasteiger partial charge in [0.25, 0.3) is 0 Å². The predicted octanol–water partition coefficient (Wildman–Crippen LogP) is -0.293. The van der Waals surface area contributed by atoms with Gasteiger partial charge in [-0.05, 0) is 13.3 Å². The van der Waals surface area contributed by atoms with Gasteiger partial charge >= 0.3 is 5.97 Å². The van der Waals surface area contributed by atoms with E-state index < -0.39 is 11.5 Å². The average molecular weight is 170 g/mol. The molecule has 0 aliphatic carbocycles. The van der Waals surface area contributed by atoms with Gasteiger partial charge < -0.3 is 16.2 Å². The molecule has 4 heteroatoms. The van der Waals surface area contributed by atoms with E-state index in [9.17, 15) is 4.79 Å². The van der Waals surface area contributed by atoms with Crippen molar-refractivity contribution in [2.75, 3.05) is 6.54 Å². The summed E-state index contributed by atoms with van der Waals surface area (Å²) in [5, 5.41) is 11.8. The zero-order valence-electron chi connectivity index (χ0n) is 7.08. The van der Waals surface area contributed by atoms with Gasteiger partial charge in [-0.2, -0.15) is 0 Å². The molecule has 0 fully saturated rings. The summed E-state index contributed by atoms with van der Waals surface area (Å²) in [4.78, 5) is 10.7. The molecule has 0 bridgehead atoms. The number of rotatable bonds is 1. The number of carbonyl (C=O) groups is 1. The maximum Gasteiger partial charge on any atom is 0.325 e. The summed E-state index contributed by atoms with van der Waals surface area (Å²) in [6, 6.07) is 0.203. The van der Waals surface area contributed by atoms with Gasteiger partial charge in [0.1, 0.15) is 5.54 Å². The number of hydrogen-bond acceptors (Lipinski definition) is 3. The molecule has 0 saturated carbocycles. The van der Waals surface area contributed by atoms with Crippen LogP contribution in [-0.4, -0.2) is 29.2 Å². The first-order chi connectivity index (χ1) is 5.54. The van der Waals surface area contributed by atoms with Crippen LogP contribution in [0.25, 0.3) is 0 Å². The minimum atomic E-state index is -1.14. The van der Waals surface area contributed by atoms with Crippen LogP contribution in [0, 0.1) is 0 Å². The van der Waals surface area contributed by atoms with Gasteiger partial charge in [-0.25, -0.2) is 0 Å². The second-order valence-electron chi connectivity index (χ2n) is 3.26. The molecule has 68 valence electrons. The third-order valence-electron chi connectivity index (χ3n) is 2.07. The molecular formula is C8H14N2O2. The maximum absolute atomic E-state index is 10.7. The number of carboxylic acid groups (broad SMARTS) is 1. The van der Waals surface area contributed by atoms with E-state index in [1.54, 1.807) is 0 Å². The Hall–Kier alpha value is -0.870. The molecule has 1 heterocycles. The van der Waals surface area contributed by atoms with E-state index >= 15 is 0 Å². The van der Waals surface area contributed by atoms with Gasteiger partial charge in [0, 0.05) is 12.6 Å². The highest BCUT2D eigenvalue weighted by molar-refractivity contribution is 5.79. The van der Waals surface area contributed by atoms with Gasteiger partial charge in [0.2, 0.25) is 0 Å². The van der Waals surface area contributed by atoms with E-state index in [4.69, 9.17) is 10.8 Å². The SMILES string of the molecule is C[C@H]1C=CC[C@@](N)(C(=O)O)CN1. The van der Waals surface area contributed by atoms with E-state index in [0.717, 1.165) is 0 Å². The summed E-state index contributed by atoms with van der Waals surface area (Å²) in [5.41, 5.74) is 4.51. The second kappa shape index (κ2) is 3.25. The first kappa shape index (κ1) is 9.22. The molecule has 2 atom stereocenters. The molecule has 0 aromatic rings. The summed E-state index contributed by atoms with van der Waals surface area (Å²) in [6.45, 7) is 2.28. The van der Waals surface area contributed by atoms with Crippen molar-refractivity contribution in [1.82, 2.24) is 5.32 Å². The second-order valence-corrected chi connectivity index (χ2v) is 3.26. The van der Waals surface area contributed by atoms with E-state index in [1.807, 2.05) is 19.1 Å². The Morgan fingerprint density at radius 1 is 1.83 bits per heavy atom. The highest BCUT2D eigenvalue weighted by Gasteiger charge is 2.33. The Kier molecular flexibility index (Phi) is 2.49. The molecule has 0 aromatic heterocycles. The van der Waals surface area contributed by atoms with Crippen LogP contribution in [0.1, 0.15) is 13.3 Å². The van der Waals surface area contributed by atoms with Crippen molar-refractivity contribution in [2.45, 2.75) is 24.9 Å². The first-order valence-electron chi connectivity index (χ1n) is 3.97. The standard InChI is InChI=1S/C8H14N2O2/c1-6-3-2-4-8(9,5-10-6)7(11)12/h2-3,6,10H,4-5,9H2,1H3,(H,11,12)/t6-,8-/m0/s1. The molecule has 0 radical (unpaired) electrons. The Bertz CT molecular complexity index is 215. The highest BCUT2D eigenvalue weighted by Crippen LogP contribution is 2.10. The Morgan fingerprint density at radius 3 is 3.08 bits per heavy atom. The van der Waals surface area contributed by atoms with Crippen LogP contribution in [0.4, 0.5) is 0 Å². The molecule has 1 aliphatic rings. The number of carboxylic acids is 1. The van der Waals surface area contributed by atoms with Gasteiger partial charge in [0.15, 0.2) is 0 Å². The van der Waals surface area contributed by atoms with Gasteiger partial charge in [-0.3, -0.25) is 4.79 Å². The summed E-state index contributed by atoms with van der Waals surface area (Å²) in [6.07, 6.45) is 4.13. The summed E-state index contributed by atoms with van der Waals surface area (Å²) in [5.74, 6) is -0.950. The summed E-state index contributed by atoms with van der Waals surface area (Å²) < 4.78 is 0. The van der Waals surface area contributed by atoms with Gasteiger partial charge in [-0.1, -0.05) is 12.2 Å². The van der Waals surface area contributed by atoms with Crippen LogP contribution < -0.4 is 11.1 Å².